The van der Waals surface area contributed by atoms with Crippen molar-refractivity contribution in [3.63, 3.8) is 0 Å². The Bertz CT molecular complexity index is 4330. The molecule has 7 heteroatoms. The summed E-state index contributed by atoms with van der Waals surface area (Å²) >= 11 is 0. The average Bonchev–Trinajstić information content (AvgIpc) is 1.53. The monoisotopic (exact) mass is 1310 g/mol. The fraction of sp³-hybridized carbons (Fsp3) is 0.231. The molecule has 1 aliphatic carbocycles. The molecule has 11 aromatic rings. The third-order valence-corrected chi connectivity index (χ3v) is 19.8. The molecule has 0 saturated carbocycles. The molecular weight excluding hydrogens is 1230 g/mol. The van der Waals surface area contributed by atoms with E-state index in [-0.39, 0.29) is 42.7 Å². The predicted octanol–water partition coefficient (Wildman–Crippen LogP) is 19.8. The van der Waals surface area contributed by atoms with E-state index < -0.39 is 13.3 Å². The largest absolute Gasteiger partial charge is 0.509 e. The molecule has 2 aromatic heterocycles. The van der Waals surface area contributed by atoms with E-state index in [1.807, 2.05) is 18.3 Å². The molecule has 430 valence electrons. The fourth-order valence-electron chi connectivity index (χ4n) is 13.0. The number of ether oxygens (including phenoxy) is 1. The zero-order valence-corrected chi connectivity index (χ0v) is 54.4. The number of anilines is 4. The summed E-state index contributed by atoms with van der Waals surface area (Å²) in [6.45, 7) is 30.0. The van der Waals surface area contributed by atoms with E-state index >= 15 is 0 Å². The van der Waals surface area contributed by atoms with Crippen molar-refractivity contribution in [3.8, 4) is 39.6 Å². The van der Waals surface area contributed by atoms with E-state index in [4.69, 9.17) is 16.8 Å². The molecule has 2 aliphatic rings. The normalized spacial score (nSPS) is 15.5. The first kappa shape index (κ1) is 57.9. The van der Waals surface area contributed by atoms with Gasteiger partial charge in [0.2, 0.25) is 0 Å². The van der Waals surface area contributed by atoms with Crippen molar-refractivity contribution in [2.24, 2.45) is 0 Å². The summed E-state index contributed by atoms with van der Waals surface area (Å²) in [4.78, 5) is 7.23. The second-order valence-electron chi connectivity index (χ2n) is 27.2. The van der Waals surface area contributed by atoms with Crippen LogP contribution in [0.15, 0.2) is 194 Å². The van der Waals surface area contributed by atoms with Gasteiger partial charge in [0, 0.05) is 72.2 Å². The smallest absolute Gasteiger partial charge is 0.135 e. The van der Waals surface area contributed by atoms with Gasteiger partial charge in [-0.2, -0.15) is 6.07 Å². The Morgan fingerprint density at radius 3 is 1.73 bits per heavy atom. The second-order valence-corrected chi connectivity index (χ2v) is 29.3. The molecule has 0 amide bonds. The minimum atomic E-state index is -0.609. The Balaban J connectivity index is 0.00000709. The number of pyridine rings is 1. The quantitative estimate of drug-likeness (QED) is 0.116. The molecule has 13 rings (SSSR count). The fourth-order valence-corrected chi connectivity index (χ4v) is 15.1. The number of hydrogen-bond donors (Lipinski definition) is 1. The van der Waals surface area contributed by atoms with Gasteiger partial charge in [-0.1, -0.05) is 221 Å². The third kappa shape index (κ3) is 9.85. The molecule has 0 bridgehead atoms. The summed E-state index contributed by atoms with van der Waals surface area (Å²) in [5, 5.41) is 9.03. The maximum absolute atomic E-state index is 7.17. The van der Waals surface area contributed by atoms with E-state index in [0.29, 0.717) is 11.5 Å². The van der Waals surface area contributed by atoms with E-state index in [9.17, 15) is 0 Å². The minimum Gasteiger partial charge on any atom is -0.509 e. The van der Waals surface area contributed by atoms with Gasteiger partial charge in [0.25, 0.3) is 0 Å². The molecule has 9 aromatic carbocycles. The van der Waals surface area contributed by atoms with E-state index in [0.717, 1.165) is 56.3 Å². The number of nitrogens with zero attached hydrogens (tertiary/aromatic N) is 3. The van der Waals surface area contributed by atoms with Crippen LogP contribution in [0.25, 0.3) is 49.9 Å². The van der Waals surface area contributed by atoms with Crippen LogP contribution < -0.4 is 25.6 Å². The van der Waals surface area contributed by atoms with E-state index in [1.165, 1.54) is 71.5 Å². The predicted molar refractivity (Wildman–Crippen MR) is 356 cm³/mol. The van der Waals surface area contributed by atoms with Crippen LogP contribution in [0.1, 0.15) is 128 Å². The minimum absolute atomic E-state index is 0. The molecule has 3 heterocycles. The Morgan fingerprint density at radius 1 is 0.518 bits per heavy atom. The molecule has 5 nitrogen and oxygen atoms in total. The van der Waals surface area contributed by atoms with Gasteiger partial charge in [0.05, 0.1) is 5.69 Å². The Kier molecular flexibility index (Phi) is 14.4. The van der Waals surface area contributed by atoms with Gasteiger partial charge in [-0.25, -0.2) is 4.98 Å². The number of rotatable bonds is 9. The van der Waals surface area contributed by atoms with Crippen molar-refractivity contribution in [3.05, 3.63) is 258 Å². The van der Waals surface area contributed by atoms with Crippen LogP contribution >= 0.6 is 7.92 Å². The first-order valence-electron chi connectivity index (χ1n) is 29.5. The Hall–Kier alpha value is -7.55. The molecule has 0 saturated heterocycles. The first-order valence-corrected chi connectivity index (χ1v) is 31.3. The van der Waals surface area contributed by atoms with Gasteiger partial charge in [-0.05, 0) is 145 Å². The molecule has 1 aliphatic heterocycles. The average molecular weight is 1310 g/mol. The third-order valence-electron chi connectivity index (χ3n) is 17.5. The molecule has 0 radical (unpaired) electrons. The summed E-state index contributed by atoms with van der Waals surface area (Å²) in [6.07, 6.45) is 1.95. The zero-order chi connectivity index (χ0) is 58.8. The van der Waals surface area contributed by atoms with Crippen molar-refractivity contribution >= 4 is 63.1 Å². The van der Waals surface area contributed by atoms with E-state index in [1.54, 1.807) is 0 Å². The Morgan fingerprint density at radius 2 is 1.08 bits per heavy atom. The van der Waals surface area contributed by atoms with Crippen LogP contribution in [0, 0.1) is 19.2 Å². The standard InChI is InChI=1S/C78H74N4OP.Pt/c1-74(2,3)51-38-39-79-70(45-51)82-66-35-25-32-62-71(66)72-63(78(62)60-30-18-22-36-68(60)84(14)69-37-23-19-31-61(69)78)47-57(48-67(72)82)83-56-29-24-28-55(46-56)80-64-33-20-21-34-65(64)81(13)73-58(49-26-16-15-17-27-49)43-54(77(10,11)12)44-59(73)50-40-52(75(4,5)6)42-53(41-50)76(7,8)9;/h15-45,47,80H,13H2,1-12,14H3;/q-3;. The van der Waals surface area contributed by atoms with Gasteiger partial charge in [-0.15, -0.1) is 35.9 Å². The van der Waals surface area contributed by atoms with Crippen LogP contribution in [0.3, 0.4) is 0 Å². The molecule has 1 spiro atoms. The summed E-state index contributed by atoms with van der Waals surface area (Å²) in [5.74, 6) is 2.02. The Labute approximate surface area is 519 Å². The van der Waals surface area contributed by atoms with Crippen LogP contribution in [0.5, 0.6) is 11.5 Å². The topological polar surface area (TPSA) is 42.3 Å². The van der Waals surface area contributed by atoms with Crippen LogP contribution in [0.2, 0.25) is 0 Å². The van der Waals surface area contributed by atoms with Gasteiger partial charge < -0.3 is 19.5 Å². The number of para-hydroxylation sites is 2. The molecule has 85 heavy (non-hydrogen) atoms. The summed E-state index contributed by atoms with van der Waals surface area (Å²) in [6, 6.07) is 76.6. The maximum atomic E-state index is 7.17. The molecule has 0 atom stereocenters. The van der Waals surface area contributed by atoms with Crippen molar-refractivity contribution in [2.75, 3.05) is 16.9 Å². The number of benzene rings is 9. The molecular formula is C78H74N4OPPt-3. The number of nitrogens with one attached hydrogen (secondary N) is 1. The van der Waals surface area contributed by atoms with Crippen molar-refractivity contribution in [2.45, 2.75) is 110 Å². The van der Waals surface area contributed by atoms with Crippen LogP contribution in [0.4, 0.5) is 22.7 Å². The number of aromatic nitrogens is 2. The summed E-state index contributed by atoms with van der Waals surface area (Å²) in [7, 11) is 4.37. The SMILES string of the molecule is [CH2-]N(c1ccccc1Nc1[c-]c(Oc2[c-]c3c4c(c2)C2(c5ccccc5P(C)c5ccccc52)c2cccc(c24)n3-c2cc(C(C)(C)C)ccn2)ccc1)c1c(-c2ccccc2)cc(C(C)(C)C)cc1-c1cc(C(C)(C)C)cc(C(C)(C)C)c1.[Pt]. The van der Waals surface area contributed by atoms with Crippen molar-refractivity contribution in [1.29, 1.82) is 0 Å². The van der Waals surface area contributed by atoms with Gasteiger partial charge in [-0.3, -0.25) is 7.05 Å². The van der Waals surface area contributed by atoms with Gasteiger partial charge in [0.1, 0.15) is 5.82 Å². The van der Waals surface area contributed by atoms with Gasteiger partial charge >= 0.3 is 0 Å². The van der Waals surface area contributed by atoms with Crippen molar-refractivity contribution in [1.82, 2.24) is 9.55 Å². The van der Waals surface area contributed by atoms with Crippen molar-refractivity contribution < 1.29 is 25.8 Å². The van der Waals surface area contributed by atoms with Gasteiger partial charge in [0.15, 0.2) is 0 Å². The van der Waals surface area contributed by atoms with E-state index in [2.05, 4.69) is 293 Å². The number of hydrogen-bond acceptors (Lipinski definition) is 4. The zero-order valence-electron chi connectivity index (χ0n) is 51.2. The molecule has 0 fully saturated rings. The molecule has 1 N–H and O–H groups in total. The first-order chi connectivity index (χ1) is 40.0. The molecule has 0 unspecified atom stereocenters. The van der Waals surface area contributed by atoms with Crippen LogP contribution in [-0.4, -0.2) is 16.2 Å². The second kappa shape index (κ2) is 21.1. The van der Waals surface area contributed by atoms with Crippen LogP contribution in [-0.2, 0) is 48.1 Å². The summed E-state index contributed by atoms with van der Waals surface area (Å²) in [5.41, 5.74) is 19.4. The summed E-state index contributed by atoms with van der Waals surface area (Å²) < 4.78 is 9.47. The number of fused-ring (bicyclic) bond motifs is 6. The maximum Gasteiger partial charge on any atom is 0.135 e.